The third-order valence-electron chi connectivity index (χ3n) is 5.10. The molecule has 0 atom stereocenters. The van der Waals surface area contributed by atoms with Crippen molar-refractivity contribution in [2.75, 3.05) is 0 Å². The van der Waals surface area contributed by atoms with Crippen LogP contribution in [-0.4, -0.2) is 16.1 Å². The van der Waals surface area contributed by atoms with Gasteiger partial charge in [0, 0.05) is 17.3 Å². The van der Waals surface area contributed by atoms with Crippen LogP contribution in [0, 0.1) is 0 Å². The summed E-state index contributed by atoms with van der Waals surface area (Å²) < 4.78 is 11.9. The molecule has 0 fully saturated rings. The van der Waals surface area contributed by atoms with E-state index in [4.69, 9.17) is 14.5 Å². The fraction of sp³-hybridized carbons (Fsp3) is 0.0345. The zero-order valence-electron chi connectivity index (χ0n) is 17.9. The maximum Gasteiger partial charge on any atom is 0.159 e. The molecule has 0 spiro atoms. The van der Waals surface area contributed by atoms with Crippen LogP contribution in [0.15, 0.2) is 128 Å². The van der Waals surface area contributed by atoms with E-state index in [0.717, 1.165) is 34.1 Å². The van der Waals surface area contributed by atoms with Gasteiger partial charge in [0.05, 0.1) is 5.69 Å². The molecule has 0 unspecified atom stereocenters. The van der Waals surface area contributed by atoms with Gasteiger partial charge in [0.15, 0.2) is 5.82 Å². The Kier molecular flexibility index (Phi) is 6.07. The molecule has 1 aromatic heterocycles. The molecule has 0 aliphatic heterocycles. The Labute approximate surface area is 193 Å². The highest BCUT2D eigenvalue weighted by Crippen LogP contribution is 2.26. The van der Waals surface area contributed by atoms with Crippen LogP contribution in [0.2, 0.25) is 0 Å². The highest BCUT2D eigenvalue weighted by atomic mass is 16.5. The SMILES string of the molecule is C1=CC=CC(Oc2ccc(-c3ccnc(-c4ccc(Oc5ccccc5)cc4)n3)cc2)C=C1. The van der Waals surface area contributed by atoms with E-state index in [9.17, 15) is 0 Å². The molecule has 1 aliphatic carbocycles. The van der Waals surface area contributed by atoms with Gasteiger partial charge in [-0.15, -0.1) is 0 Å². The number of para-hydroxylation sites is 1. The summed E-state index contributed by atoms with van der Waals surface area (Å²) in [7, 11) is 0. The Morgan fingerprint density at radius 3 is 1.94 bits per heavy atom. The summed E-state index contributed by atoms with van der Waals surface area (Å²) in [6.45, 7) is 0. The van der Waals surface area contributed by atoms with Crippen LogP contribution in [0.1, 0.15) is 0 Å². The van der Waals surface area contributed by atoms with Crippen molar-refractivity contribution in [3.8, 4) is 39.9 Å². The molecule has 0 saturated heterocycles. The lowest BCUT2D eigenvalue weighted by molar-refractivity contribution is 0.296. The lowest BCUT2D eigenvalue weighted by Crippen LogP contribution is -2.09. The number of hydrogen-bond donors (Lipinski definition) is 0. The van der Waals surface area contributed by atoms with E-state index in [1.807, 2.05) is 121 Å². The van der Waals surface area contributed by atoms with Crippen LogP contribution in [0.25, 0.3) is 22.6 Å². The molecule has 33 heavy (non-hydrogen) atoms. The minimum Gasteiger partial charge on any atom is -0.482 e. The standard InChI is InChI=1S/C29H22N2O2/c1-2-5-9-24(8-4-1)32-26-16-12-22(13-17-26)28-20-21-30-29(31-28)23-14-18-27(19-15-23)33-25-10-6-3-7-11-25/h1-21,24H. The lowest BCUT2D eigenvalue weighted by Gasteiger charge is -2.12. The molecule has 4 aromatic rings. The first-order valence-electron chi connectivity index (χ1n) is 10.8. The average Bonchev–Trinajstić information content (AvgIpc) is 3.14. The summed E-state index contributed by atoms with van der Waals surface area (Å²) in [5.74, 6) is 3.05. The maximum absolute atomic E-state index is 6.01. The minimum absolute atomic E-state index is 0.0784. The second-order valence-electron chi connectivity index (χ2n) is 7.47. The highest BCUT2D eigenvalue weighted by molar-refractivity contribution is 5.64. The van der Waals surface area contributed by atoms with E-state index in [1.165, 1.54) is 0 Å². The van der Waals surface area contributed by atoms with Gasteiger partial charge in [-0.2, -0.15) is 0 Å². The Bertz CT molecular complexity index is 1280. The van der Waals surface area contributed by atoms with Gasteiger partial charge in [-0.25, -0.2) is 9.97 Å². The summed E-state index contributed by atoms with van der Waals surface area (Å²) >= 11 is 0. The highest BCUT2D eigenvalue weighted by Gasteiger charge is 2.08. The summed E-state index contributed by atoms with van der Waals surface area (Å²) in [6.07, 6.45) is 13.7. The van der Waals surface area contributed by atoms with Gasteiger partial charge in [0.1, 0.15) is 23.4 Å². The van der Waals surface area contributed by atoms with Gasteiger partial charge in [-0.1, -0.05) is 42.5 Å². The normalized spacial score (nSPS) is 13.0. The Morgan fingerprint density at radius 2 is 1.21 bits per heavy atom. The second-order valence-corrected chi connectivity index (χ2v) is 7.47. The van der Waals surface area contributed by atoms with Gasteiger partial charge in [0.25, 0.3) is 0 Å². The van der Waals surface area contributed by atoms with E-state index >= 15 is 0 Å². The topological polar surface area (TPSA) is 44.2 Å². The number of hydrogen-bond acceptors (Lipinski definition) is 4. The van der Waals surface area contributed by atoms with Crippen molar-refractivity contribution in [3.63, 3.8) is 0 Å². The number of nitrogens with zero attached hydrogens (tertiary/aromatic N) is 2. The van der Waals surface area contributed by atoms with Crippen LogP contribution >= 0.6 is 0 Å². The van der Waals surface area contributed by atoms with Crippen molar-refractivity contribution >= 4 is 0 Å². The maximum atomic E-state index is 6.01. The van der Waals surface area contributed by atoms with E-state index in [2.05, 4.69) is 4.98 Å². The summed E-state index contributed by atoms with van der Waals surface area (Å²) in [4.78, 5) is 9.22. The molecule has 4 heteroatoms. The van der Waals surface area contributed by atoms with Gasteiger partial charge >= 0.3 is 0 Å². The monoisotopic (exact) mass is 430 g/mol. The van der Waals surface area contributed by atoms with Crippen LogP contribution in [0.3, 0.4) is 0 Å². The fourth-order valence-electron chi connectivity index (χ4n) is 3.43. The van der Waals surface area contributed by atoms with Crippen LogP contribution < -0.4 is 9.47 Å². The molecule has 1 aliphatic rings. The van der Waals surface area contributed by atoms with Gasteiger partial charge in [-0.05, 0) is 78.9 Å². The third kappa shape index (κ3) is 5.25. The Hall–Kier alpha value is -4.44. The molecule has 0 N–H and O–H groups in total. The number of allylic oxidation sites excluding steroid dienone is 4. The van der Waals surface area contributed by atoms with E-state index in [1.54, 1.807) is 6.20 Å². The van der Waals surface area contributed by atoms with Crippen LogP contribution in [-0.2, 0) is 0 Å². The predicted octanol–water partition coefficient (Wildman–Crippen LogP) is 7.03. The molecule has 0 bridgehead atoms. The van der Waals surface area contributed by atoms with Crippen molar-refractivity contribution in [1.82, 2.24) is 9.97 Å². The average molecular weight is 431 g/mol. The summed E-state index contributed by atoms with van der Waals surface area (Å²) in [6, 6.07) is 27.4. The molecule has 0 amide bonds. The molecule has 4 nitrogen and oxygen atoms in total. The van der Waals surface area contributed by atoms with E-state index in [0.29, 0.717) is 5.82 Å². The Morgan fingerprint density at radius 1 is 0.576 bits per heavy atom. The molecule has 3 aromatic carbocycles. The molecule has 1 heterocycles. The van der Waals surface area contributed by atoms with E-state index in [-0.39, 0.29) is 6.10 Å². The summed E-state index contributed by atoms with van der Waals surface area (Å²) in [5.41, 5.74) is 2.79. The number of benzene rings is 3. The van der Waals surface area contributed by atoms with Crippen molar-refractivity contribution < 1.29 is 9.47 Å². The predicted molar refractivity (Wildman–Crippen MR) is 131 cm³/mol. The third-order valence-corrected chi connectivity index (χ3v) is 5.10. The zero-order chi connectivity index (χ0) is 22.3. The van der Waals surface area contributed by atoms with Crippen molar-refractivity contribution in [1.29, 1.82) is 0 Å². The van der Waals surface area contributed by atoms with Crippen LogP contribution in [0.4, 0.5) is 0 Å². The smallest absolute Gasteiger partial charge is 0.159 e. The number of aromatic nitrogens is 2. The molecule has 160 valence electrons. The molecular formula is C29H22N2O2. The lowest BCUT2D eigenvalue weighted by atomic mass is 10.1. The van der Waals surface area contributed by atoms with Crippen LogP contribution in [0.5, 0.6) is 17.2 Å². The van der Waals surface area contributed by atoms with Crippen molar-refractivity contribution in [2.24, 2.45) is 0 Å². The van der Waals surface area contributed by atoms with Crippen molar-refractivity contribution in [3.05, 3.63) is 128 Å². The fourth-order valence-corrected chi connectivity index (χ4v) is 3.43. The minimum atomic E-state index is -0.0784. The van der Waals surface area contributed by atoms with E-state index < -0.39 is 0 Å². The molecule has 0 radical (unpaired) electrons. The summed E-state index contributed by atoms with van der Waals surface area (Å²) in [5, 5.41) is 0. The number of ether oxygens (including phenoxy) is 2. The molecular weight excluding hydrogens is 408 g/mol. The zero-order valence-corrected chi connectivity index (χ0v) is 17.9. The first-order valence-corrected chi connectivity index (χ1v) is 10.8. The molecule has 5 rings (SSSR count). The van der Waals surface area contributed by atoms with Gasteiger partial charge < -0.3 is 9.47 Å². The number of rotatable bonds is 6. The van der Waals surface area contributed by atoms with Gasteiger partial charge in [0.2, 0.25) is 0 Å². The van der Waals surface area contributed by atoms with Crippen molar-refractivity contribution in [2.45, 2.75) is 6.10 Å². The molecule has 0 saturated carbocycles. The first kappa shape index (κ1) is 20.5. The first-order chi connectivity index (χ1) is 16.3. The quantitative estimate of drug-likeness (QED) is 0.329. The Balaban J connectivity index is 1.30. The largest absolute Gasteiger partial charge is 0.482 e. The second kappa shape index (κ2) is 9.79. The van der Waals surface area contributed by atoms with Gasteiger partial charge in [-0.3, -0.25) is 0 Å².